The predicted molar refractivity (Wildman–Crippen MR) is 63.5 cm³/mol. The molecule has 0 amide bonds. The van der Waals surface area contributed by atoms with Crippen LogP contribution in [0.5, 0.6) is 0 Å². The maximum Gasteiger partial charge on any atom is 0.169 e. The lowest BCUT2D eigenvalue weighted by Gasteiger charge is -2.20. The number of hydrogen-bond donors (Lipinski definition) is 0. The largest absolute Gasteiger partial charge is 0.371 e. The fraction of sp³-hybridized carbons (Fsp3) is 0.583. The van der Waals surface area contributed by atoms with Gasteiger partial charge in [-0.1, -0.05) is 6.92 Å². The summed E-state index contributed by atoms with van der Waals surface area (Å²) in [5.74, 6) is 0.134. The second-order valence-electron chi connectivity index (χ2n) is 4.04. The molecule has 0 N–H and O–H groups in total. The van der Waals surface area contributed by atoms with Crippen LogP contribution in [0.3, 0.4) is 0 Å². The third-order valence-electron chi connectivity index (χ3n) is 2.58. The van der Waals surface area contributed by atoms with Gasteiger partial charge in [0.2, 0.25) is 0 Å². The molecule has 1 aromatic rings. The van der Waals surface area contributed by atoms with Crippen molar-refractivity contribution in [3.05, 3.63) is 21.9 Å². The van der Waals surface area contributed by atoms with Crippen LogP contribution >= 0.6 is 11.3 Å². The van der Waals surface area contributed by atoms with Gasteiger partial charge in [0.25, 0.3) is 0 Å². The van der Waals surface area contributed by atoms with E-state index in [0.29, 0.717) is 6.42 Å². The minimum absolute atomic E-state index is 0.134. The highest BCUT2D eigenvalue weighted by atomic mass is 32.1. The number of carbonyl (C=O) groups is 1. The molecule has 0 aromatic carbocycles. The summed E-state index contributed by atoms with van der Waals surface area (Å²) >= 11 is 1.71. The van der Waals surface area contributed by atoms with Crippen LogP contribution in [0.2, 0.25) is 0 Å². The van der Waals surface area contributed by atoms with Crippen LogP contribution in [0.25, 0.3) is 0 Å². The van der Waals surface area contributed by atoms with Gasteiger partial charge >= 0.3 is 0 Å². The SMILES string of the molecule is CCc1ccc(CC(=O)C(C)(C)OC)s1. The van der Waals surface area contributed by atoms with Gasteiger partial charge in [0.05, 0.1) is 0 Å². The van der Waals surface area contributed by atoms with Gasteiger partial charge in [-0.3, -0.25) is 4.79 Å². The van der Waals surface area contributed by atoms with Crippen molar-refractivity contribution in [2.75, 3.05) is 7.11 Å². The van der Waals surface area contributed by atoms with Crippen molar-refractivity contribution in [2.45, 2.75) is 39.2 Å². The number of carbonyl (C=O) groups excluding carboxylic acids is 1. The fourth-order valence-corrected chi connectivity index (χ4v) is 2.15. The molecule has 0 aliphatic rings. The first-order chi connectivity index (χ1) is 6.99. The summed E-state index contributed by atoms with van der Waals surface area (Å²) in [6.45, 7) is 5.74. The molecular weight excluding hydrogens is 208 g/mol. The minimum Gasteiger partial charge on any atom is -0.371 e. The lowest BCUT2D eigenvalue weighted by atomic mass is 10.0. The van der Waals surface area contributed by atoms with Crippen molar-refractivity contribution >= 4 is 17.1 Å². The van der Waals surface area contributed by atoms with E-state index in [9.17, 15) is 4.79 Å². The second-order valence-corrected chi connectivity index (χ2v) is 5.29. The predicted octanol–water partition coefficient (Wildman–Crippen LogP) is 2.85. The molecule has 0 bridgehead atoms. The average Bonchev–Trinajstić information content (AvgIpc) is 2.65. The first kappa shape index (κ1) is 12.4. The number of ether oxygens (including phenoxy) is 1. The number of ketones is 1. The molecular formula is C12H18O2S. The normalized spacial score (nSPS) is 11.7. The van der Waals surface area contributed by atoms with E-state index in [4.69, 9.17) is 4.74 Å². The standard InChI is InChI=1S/C12H18O2S/c1-5-9-6-7-10(15-9)8-11(13)12(2,3)14-4/h6-7H,5,8H2,1-4H3. The quantitative estimate of drug-likeness (QED) is 0.771. The topological polar surface area (TPSA) is 26.3 Å². The summed E-state index contributed by atoms with van der Waals surface area (Å²) in [4.78, 5) is 14.3. The van der Waals surface area contributed by atoms with Gasteiger partial charge in [-0.25, -0.2) is 0 Å². The maximum atomic E-state index is 11.8. The Labute approximate surface area is 95.3 Å². The fourth-order valence-electron chi connectivity index (χ4n) is 1.19. The molecule has 0 aliphatic heterocycles. The number of thiophene rings is 1. The van der Waals surface area contributed by atoms with Crippen molar-refractivity contribution in [3.63, 3.8) is 0 Å². The Morgan fingerprint density at radius 1 is 1.40 bits per heavy atom. The van der Waals surface area contributed by atoms with E-state index in [1.54, 1.807) is 18.4 Å². The Hall–Kier alpha value is -0.670. The number of aryl methyl sites for hydroxylation is 1. The number of rotatable bonds is 5. The van der Waals surface area contributed by atoms with Crippen LogP contribution in [0, 0.1) is 0 Å². The summed E-state index contributed by atoms with van der Waals surface area (Å²) in [6.07, 6.45) is 1.51. The van der Waals surface area contributed by atoms with Crippen LogP contribution in [-0.2, 0) is 22.4 Å². The average molecular weight is 226 g/mol. The summed E-state index contributed by atoms with van der Waals surface area (Å²) in [5, 5.41) is 0. The van der Waals surface area contributed by atoms with Crippen molar-refractivity contribution in [2.24, 2.45) is 0 Å². The number of hydrogen-bond acceptors (Lipinski definition) is 3. The lowest BCUT2D eigenvalue weighted by molar-refractivity contribution is -0.136. The molecule has 1 rings (SSSR count). The van der Waals surface area contributed by atoms with Gasteiger partial charge in [0, 0.05) is 23.3 Å². The van der Waals surface area contributed by atoms with Gasteiger partial charge < -0.3 is 4.74 Å². The van der Waals surface area contributed by atoms with Crippen molar-refractivity contribution in [1.82, 2.24) is 0 Å². The Morgan fingerprint density at radius 2 is 2.00 bits per heavy atom. The van der Waals surface area contributed by atoms with Gasteiger partial charge in [0.15, 0.2) is 5.78 Å². The molecule has 0 saturated carbocycles. The van der Waals surface area contributed by atoms with Crippen molar-refractivity contribution < 1.29 is 9.53 Å². The smallest absolute Gasteiger partial charge is 0.169 e. The number of methoxy groups -OCH3 is 1. The highest BCUT2D eigenvalue weighted by Crippen LogP contribution is 2.20. The molecule has 0 radical (unpaired) electrons. The first-order valence-corrected chi connectivity index (χ1v) is 5.97. The maximum absolute atomic E-state index is 11.8. The summed E-state index contributed by atoms with van der Waals surface area (Å²) in [7, 11) is 1.57. The van der Waals surface area contributed by atoms with Crippen molar-refractivity contribution in [3.8, 4) is 0 Å². The van der Waals surface area contributed by atoms with Crippen LogP contribution in [0.4, 0.5) is 0 Å². The highest BCUT2D eigenvalue weighted by molar-refractivity contribution is 7.12. The lowest BCUT2D eigenvalue weighted by Crippen LogP contribution is -2.34. The van der Waals surface area contributed by atoms with Crippen LogP contribution in [0.15, 0.2) is 12.1 Å². The third kappa shape index (κ3) is 3.14. The minimum atomic E-state index is -0.670. The molecule has 0 fully saturated rings. The molecule has 2 nitrogen and oxygen atoms in total. The van der Waals surface area contributed by atoms with E-state index < -0.39 is 5.60 Å². The van der Waals surface area contributed by atoms with Crippen LogP contribution in [0.1, 0.15) is 30.5 Å². The monoisotopic (exact) mass is 226 g/mol. The van der Waals surface area contributed by atoms with Gasteiger partial charge in [0.1, 0.15) is 5.60 Å². The molecule has 3 heteroatoms. The molecule has 0 spiro atoms. The van der Waals surface area contributed by atoms with E-state index in [1.165, 1.54) is 4.88 Å². The van der Waals surface area contributed by atoms with Gasteiger partial charge in [-0.05, 0) is 32.4 Å². The van der Waals surface area contributed by atoms with Crippen molar-refractivity contribution in [1.29, 1.82) is 0 Å². The zero-order chi connectivity index (χ0) is 11.5. The number of Topliss-reactive ketones (excluding diaryl/α,β-unsaturated/α-hetero) is 1. The Morgan fingerprint density at radius 3 is 2.47 bits per heavy atom. The molecule has 0 unspecified atom stereocenters. The van der Waals surface area contributed by atoms with Crippen LogP contribution < -0.4 is 0 Å². The van der Waals surface area contributed by atoms with Crippen LogP contribution in [-0.4, -0.2) is 18.5 Å². The molecule has 1 heterocycles. The molecule has 0 atom stereocenters. The summed E-state index contributed by atoms with van der Waals surface area (Å²) in [5.41, 5.74) is -0.670. The Bertz CT molecular complexity index is 339. The first-order valence-electron chi connectivity index (χ1n) is 5.15. The second kappa shape index (κ2) is 4.90. The van der Waals surface area contributed by atoms with E-state index in [2.05, 4.69) is 13.0 Å². The zero-order valence-electron chi connectivity index (χ0n) is 9.79. The van der Waals surface area contributed by atoms with Gasteiger partial charge in [-0.2, -0.15) is 0 Å². The van der Waals surface area contributed by atoms with E-state index in [-0.39, 0.29) is 5.78 Å². The Kier molecular flexibility index (Phi) is 4.05. The summed E-state index contributed by atoms with van der Waals surface area (Å²) < 4.78 is 5.16. The molecule has 0 saturated heterocycles. The third-order valence-corrected chi connectivity index (χ3v) is 3.81. The Balaban J connectivity index is 2.66. The van der Waals surface area contributed by atoms with E-state index >= 15 is 0 Å². The van der Waals surface area contributed by atoms with Gasteiger partial charge in [-0.15, -0.1) is 11.3 Å². The molecule has 84 valence electrons. The van der Waals surface area contributed by atoms with E-state index in [0.717, 1.165) is 11.3 Å². The van der Waals surface area contributed by atoms with E-state index in [1.807, 2.05) is 19.9 Å². The molecule has 1 aromatic heterocycles. The molecule has 15 heavy (non-hydrogen) atoms. The molecule has 0 aliphatic carbocycles. The zero-order valence-corrected chi connectivity index (χ0v) is 10.6. The summed E-state index contributed by atoms with van der Waals surface area (Å²) in [6, 6.07) is 4.13. The highest BCUT2D eigenvalue weighted by Gasteiger charge is 2.26.